The molecule has 1 amide bonds. The van der Waals surface area contributed by atoms with Crippen LogP contribution in [0.4, 0.5) is 0 Å². The fourth-order valence-corrected chi connectivity index (χ4v) is 3.27. The lowest BCUT2D eigenvalue weighted by molar-refractivity contribution is 0.0594. The van der Waals surface area contributed by atoms with Gasteiger partial charge in [-0.3, -0.25) is 4.79 Å². The molecule has 0 saturated carbocycles. The minimum Gasteiger partial charge on any atom is -0.464 e. The van der Waals surface area contributed by atoms with Crippen molar-refractivity contribution in [1.82, 2.24) is 15.3 Å². The normalized spacial score (nSPS) is 10.9. The van der Waals surface area contributed by atoms with Gasteiger partial charge in [-0.05, 0) is 24.1 Å². The zero-order valence-electron chi connectivity index (χ0n) is 15.4. The average Bonchev–Trinajstić information content (AvgIpc) is 3.11. The van der Waals surface area contributed by atoms with E-state index in [2.05, 4.69) is 15.3 Å². The van der Waals surface area contributed by atoms with E-state index in [-0.39, 0.29) is 17.3 Å². The Balaban J connectivity index is 1.69. The van der Waals surface area contributed by atoms with Gasteiger partial charge in [-0.25, -0.2) is 9.78 Å². The zero-order chi connectivity index (χ0) is 19.5. The minimum atomic E-state index is -0.578. The van der Waals surface area contributed by atoms with E-state index in [1.807, 2.05) is 54.6 Å². The number of amides is 1. The smallest absolute Gasteiger partial charge is 0.356 e. The third-order valence-corrected chi connectivity index (χ3v) is 4.65. The fraction of sp³-hybridized carbons (Fsp3) is 0.136. The Kier molecular flexibility index (Phi) is 4.76. The van der Waals surface area contributed by atoms with Crippen molar-refractivity contribution >= 4 is 33.7 Å². The topological polar surface area (TPSA) is 84.1 Å². The van der Waals surface area contributed by atoms with E-state index in [0.29, 0.717) is 18.5 Å². The molecule has 6 nitrogen and oxygen atoms in total. The summed E-state index contributed by atoms with van der Waals surface area (Å²) in [6.07, 6.45) is 0.707. The van der Waals surface area contributed by atoms with Crippen molar-refractivity contribution in [2.24, 2.45) is 0 Å². The molecule has 0 aliphatic rings. The van der Waals surface area contributed by atoms with Gasteiger partial charge in [0.05, 0.1) is 12.6 Å². The van der Waals surface area contributed by atoms with Crippen LogP contribution in [0.5, 0.6) is 0 Å². The molecule has 2 heterocycles. The van der Waals surface area contributed by atoms with Crippen molar-refractivity contribution in [3.05, 3.63) is 77.6 Å². The number of esters is 1. The number of H-pyrrole nitrogens is 1. The van der Waals surface area contributed by atoms with E-state index in [9.17, 15) is 9.59 Å². The molecule has 0 spiro atoms. The Morgan fingerprint density at radius 1 is 1.04 bits per heavy atom. The number of methoxy groups -OCH3 is 1. The Hall–Kier alpha value is -3.67. The molecular formula is C22H19N3O3. The first kappa shape index (κ1) is 17.7. The number of aromatic amines is 1. The van der Waals surface area contributed by atoms with Crippen molar-refractivity contribution in [3.8, 4) is 0 Å². The van der Waals surface area contributed by atoms with Crippen LogP contribution in [-0.2, 0) is 11.2 Å². The number of ether oxygens (including phenoxy) is 1. The molecule has 4 aromatic rings. The number of nitrogens with one attached hydrogen (secondary N) is 2. The van der Waals surface area contributed by atoms with E-state index >= 15 is 0 Å². The highest BCUT2D eigenvalue weighted by molar-refractivity contribution is 6.15. The first-order valence-electron chi connectivity index (χ1n) is 8.99. The number of aromatic nitrogens is 2. The number of carbonyl (C=O) groups is 2. The molecule has 0 radical (unpaired) electrons. The largest absolute Gasteiger partial charge is 0.464 e. The lowest BCUT2D eigenvalue weighted by Gasteiger charge is -2.08. The summed E-state index contributed by atoms with van der Waals surface area (Å²) in [6.45, 7) is 0.467. The van der Waals surface area contributed by atoms with Gasteiger partial charge < -0.3 is 15.0 Å². The molecule has 0 atom stereocenters. The van der Waals surface area contributed by atoms with Crippen LogP contribution < -0.4 is 5.32 Å². The third-order valence-electron chi connectivity index (χ3n) is 4.65. The van der Waals surface area contributed by atoms with Crippen LogP contribution in [0.3, 0.4) is 0 Å². The molecular weight excluding hydrogens is 354 g/mol. The first-order valence-corrected chi connectivity index (χ1v) is 8.99. The molecule has 140 valence electrons. The number of hydrogen-bond donors (Lipinski definition) is 2. The maximum atomic E-state index is 12.8. The van der Waals surface area contributed by atoms with Crippen molar-refractivity contribution in [3.63, 3.8) is 0 Å². The first-order chi connectivity index (χ1) is 13.7. The number of benzene rings is 2. The Bertz CT molecular complexity index is 1170. The highest BCUT2D eigenvalue weighted by Gasteiger charge is 2.20. The second-order valence-corrected chi connectivity index (χ2v) is 6.43. The quantitative estimate of drug-likeness (QED) is 0.525. The van der Waals surface area contributed by atoms with Crippen molar-refractivity contribution in [1.29, 1.82) is 0 Å². The van der Waals surface area contributed by atoms with E-state index in [1.54, 1.807) is 6.07 Å². The van der Waals surface area contributed by atoms with Gasteiger partial charge in [0.1, 0.15) is 5.69 Å². The fourth-order valence-electron chi connectivity index (χ4n) is 3.27. The molecule has 0 fully saturated rings. The molecule has 0 bridgehead atoms. The third kappa shape index (κ3) is 3.32. The zero-order valence-corrected chi connectivity index (χ0v) is 15.4. The number of nitrogens with zero attached hydrogens (tertiary/aromatic N) is 1. The predicted octanol–water partition coefficient (Wildman–Crippen LogP) is 3.48. The van der Waals surface area contributed by atoms with E-state index in [4.69, 9.17) is 4.74 Å². The van der Waals surface area contributed by atoms with Crippen LogP contribution in [-0.4, -0.2) is 35.5 Å². The molecule has 0 unspecified atom stereocenters. The van der Waals surface area contributed by atoms with Gasteiger partial charge in [-0.2, -0.15) is 0 Å². The molecule has 2 aromatic carbocycles. The van der Waals surface area contributed by atoms with Crippen LogP contribution >= 0.6 is 0 Å². The minimum absolute atomic E-state index is 0.105. The van der Waals surface area contributed by atoms with Gasteiger partial charge >= 0.3 is 5.97 Å². The molecule has 28 heavy (non-hydrogen) atoms. The summed E-state index contributed by atoms with van der Waals surface area (Å²) >= 11 is 0. The van der Waals surface area contributed by atoms with Crippen molar-refractivity contribution in [2.45, 2.75) is 6.42 Å². The van der Waals surface area contributed by atoms with Crippen LogP contribution in [0, 0.1) is 0 Å². The lowest BCUT2D eigenvalue weighted by atomic mass is 10.1. The highest BCUT2D eigenvalue weighted by Crippen LogP contribution is 2.27. The van der Waals surface area contributed by atoms with Gasteiger partial charge in [0.25, 0.3) is 5.91 Å². The molecule has 2 N–H and O–H groups in total. The molecule has 0 aliphatic heterocycles. The summed E-state index contributed by atoms with van der Waals surface area (Å²) in [7, 11) is 1.29. The molecule has 2 aromatic heterocycles. The van der Waals surface area contributed by atoms with Gasteiger partial charge in [-0.1, -0.05) is 48.5 Å². The van der Waals surface area contributed by atoms with Crippen molar-refractivity contribution < 1.29 is 14.3 Å². The maximum Gasteiger partial charge on any atom is 0.356 e. The van der Waals surface area contributed by atoms with Gasteiger partial charge in [0, 0.05) is 22.8 Å². The monoisotopic (exact) mass is 373 g/mol. The summed E-state index contributed by atoms with van der Waals surface area (Å²) in [5, 5.41) is 4.58. The predicted molar refractivity (Wildman–Crippen MR) is 107 cm³/mol. The number of rotatable bonds is 5. The molecule has 4 rings (SSSR count). The number of pyridine rings is 1. The van der Waals surface area contributed by atoms with Gasteiger partial charge in [0.15, 0.2) is 5.69 Å². The van der Waals surface area contributed by atoms with E-state index in [1.165, 1.54) is 7.11 Å². The SMILES string of the molecule is COC(=O)c1cc2c([nH]c3ccccc32)c(C(=O)NCCc2ccccc2)n1. The van der Waals surface area contributed by atoms with Crippen LogP contribution in [0.2, 0.25) is 0 Å². The lowest BCUT2D eigenvalue weighted by Crippen LogP contribution is -2.27. The van der Waals surface area contributed by atoms with Crippen LogP contribution in [0.15, 0.2) is 60.7 Å². The molecule has 0 aliphatic carbocycles. The average molecular weight is 373 g/mol. The van der Waals surface area contributed by atoms with Gasteiger partial charge in [-0.15, -0.1) is 0 Å². The Labute approximate surface area is 161 Å². The van der Waals surface area contributed by atoms with Crippen LogP contribution in [0.25, 0.3) is 21.8 Å². The number of para-hydroxylation sites is 1. The second-order valence-electron chi connectivity index (χ2n) is 6.43. The molecule has 6 heteroatoms. The van der Waals surface area contributed by atoms with Crippen LogP contribution in [0.1, 0.15) is 26.5 Å². The Morgan fingerprint density at radius 2 is 1.79 bits per heavy atom. The Morgan fingerprint density at radius 3 is 2.57 bits per heavy atom. The summed E-state index contributed by atoms with van der Waals surface area (Å²) in [5.41, 5.74) is 2.90. The standard InChI is InChI=1S/C22H19N3O3/c1-28-22(27)18-13-16-15-9-5-6-10-17(15)24-19(16)20(25-18)21(26)23-12-11-14-7-3-2-4-8-14/h2-10,13,24H,11-12H2,1H3,(H,23,26). The number of carbonyl (C=O) groups excluding carboxylic acids is 2. The summed E-state index contributed by atoms with van der Waals surface area (Å²) < 4.78 is 4.80. The van der Waals surface area contributed by atoms with Crippen molar-refractivity contribution in [2.75, 3.05) is 13.7 Å². The highest BCUT2D eigenvalue weighted by atomic mass is 16.5. The number of hydrogen-bond acceptors (Lipinski definition) is 4. The number of fused-ring (bicyclic) bond motifs is 3. The van der Waals surface area contributed by atoms with E-state index < -0.39 is 5.97 Å². The summed E-state index contributed by atoms with van der Waals surface area (Å²) in [6, 6.07) is 19.2. The summed E-state index contributed by atoms with van der Waals surface area (Å²) in [4.78, 5) is 32.4. The maximum absolute atomic E-state index is 12.8. The van der Waals surface area contributed by atoms with E-state index in [0.717, 1.165) is 21.9 Å². The summed E-state index contributed by atoms with van der Waals surface area (Å²) in [5.74, 6) is -0.913. The van der Waals surface area contributed by atoms with Gasteiger partial charge in [0.2, 0.25) is 0 Å². The second kappa shape index (κ2) is 7.52. The molecule has 0 saturated heterocycles.